The Morgan fingerprint density at radius 3 is 1.79 bits per heavy atom. The summed E-state index contributed by atoms with van der Waals surface area (Å²) in [5.41, 5.74) is 2.14. The van der Waals surface area contributed by atoms with Gasteiger partial charge in [-0.1, -0.05) is 0 Å². The minimum Gasteiger partial charge on any atom is -0.360 e. The van der Waals surface area contributed by atoms with Gasteiger partial charge in [0.1, 0.15) is 11.6 Å². The van der Waals surface area contributed by atoms with Gasteiger partial charge in [-0.3, -0.25) is 10.2 Å². The molecule has 0 saturated heterocycles. The molecule has 6 nitrogen and oxygen atoms in total. The molecule has 0 atom stereocenters. The largest absolute Gasteiger partial charge is 0.360 e. The first-order chi connectivity index (χ1) is 9.24. The van der Waals surface area contributed by atoms with E-state index >= 15 is 0 Å². The van der Waals surface area contributed by atoms with E-state index in [0.29, 0.717) is 0 Å². The van der Waals surface area contributed by atoms with Crippen molar-refractivity contribution in [3.8, 4) is 0 Å². The molecule has 0 aromatic carbocycles. The van der Waals surface area contributed by atoms with Crippen molar-refractivity contribution in [1.29, 1.82) is 0 Å². The number of nitrogens with one attached hydrogen (secondary N) is 4. The molecule has 2 aromatic rings. The first-order valence-corrected chi connectivity index (χ1v) is 8.22. The van der Waals surface area contributed by atoms with Gasteiger partial charge in [0.25, 0.3) is 0 Å². The maximum atomic E-state index is 4.11. The number of aryl methyl sites for hydroxylation is 2. The average Bonchev–Trinajstić information content (AvgIpc) is 2.97. The van der Waals surface area contributed by atoms with Crippen molar-refractivity contribution in [2.24, 2.45) is 0 Å². The quantitative estimate of drug-likeness (QED) is 0.443. The summed E-state index contributed by atoms with van der Waals surface area (Å²) >= 11 is 3.65. The molecule has 0 unspecified atom stereocenters. The van der Waals surface area contributed by atoms with Gasteiger partial charge in [-0.2, -0.15) is 10.2 Å². The molecule has 104 valence electrons. The number of aromatic amines is 2. The molecule has 2 heterocycles. The third-order valence-electron chi connectivity index (χ3n) is 2.29. The monoisotopic (exact) mass is 298 g/mol. The highest BCUT2D eigenvalue weighted by Gasteiger charge is 1.97. The van der Waals surface area contributed by atoms with E-state index in [1.807, 2.05) is 49.5 Å². The molecule has 8 heteroatoms. The maximum Gasteiger partial charge on any atom is 0.148 e. The molecule has 0 spiro atoms. The molecular formula is C11H18N6S2. The zero-order valence-corrected chi connectivity index (χ0v) is 12.6. The van der Waals surface area contributed by atoms with Gasteiger partial charge < -0.3 is 10.6 Å². The van der Waals surface area contributed by atoms with E-state index in [9.17, 15) is 0 Å². The molecule has 2 aromatic heterocycles. The van der Waals surface area contributed by atoms with Gasteiger partial charge in [0.05, 0.1) is 11.8 Å². The lowest BCUT2D eigenvalue weighted by Gasteiger charge is -2.04. The Labute approximate surface area is 120 Å². The Morgan fingerprint density at radius 1 is 0.947 bits per heavy atom. The van der Waals surface area contributed by atoms with E-state index in [1.54, 1.807) is 0 Å². The lowest BCUT2D eigenvalue weighted by atomic mass is 10.5. The first kappa shape index (κ1) is 14.1. The summed E-state index contributed by atoms with van der Waals surface area (Å²) in [6, 6.07) is 3.99. The Morgan fingerprint density at radius 2 is 1.42 bits per heavy atom. The molecule has 0 saturated carbocycles. The highest BCUT2D eigenvalue weighted by atomic mass is 32.2. The van der Waals surface area contributed by atoms with Gasteiger partial charge in [-0.05, 0) is 13.8 Å². The molecule has 0 fully saturated rings. The Bertz CT molecular complexity index is 451. The molecule has 0 amide bonds. The topological polar surface area (TPSA) is 81.4 Å². The van der Waals surface area contributed by atoms with Crippen LogP contribution in [0, 0.1) is 13.8 Å². The van der Waals surface area contributed by atoms with Crippen molar-refractivity contribution >= 4 is 35.2 Å². The van der Waals surface area contributed by atoms with Crippen LogP contribution in [0.15, 0.2) is 12.1 Å². The zero-order chi connectivity index (χ0) is 13.5. The lowest BCUT2D eigenvalue weighted by molar-refractivity contribution is 1.04. The van der Waals surface area contributed by atoms with Crippen LogP contribution in [-0.2, 0) is 0 Å². The predicted molar refractivity (Wildman–Crippen MR) is 83.7 cm³/mol. The number of hydrogen-bond donors (Lipinski definition) is 4. The Hall–Kier alpha value is -1.28. The van der Waals surface area contributed by atoms with Crippen LogP contribution >= 0.6 is 23.5 Å². The van der Waals surface area contributed by atoms with Crippen molar-refractivity contribution in [1.82, 2.24) is 20.4 Å². The van der Waals surface area contributed by atoms with Crippen LogP contribution in [0.3, 0.4) is 0 Å². The van der Waals surface area contributed by atoms with E-state index in [2.05, 4.69) is 31.0 Å². The van der Waals surface area contributed by atoms with Crippen LogP contribution in [0.4, 0.5) is 11.6 Å². The van der Waals surface area contributed by atoms with E-state index in [1.165, 1.54) is 0 Å². The smallest absolute Gasteiger partial charge is 0.148 e. The number of rotatable bonds is 8. The van der Waals surface area contributed by atoms with Crippen LogP contribution in [0.2, 0.25) is 0 Å². The van der Waals surface area contributed by atoms with Crippen LogP contribution in [0.25, 0.3) is 0 Å². The van der Waals surface area contributed by atoms with Crippen molar-refractivity contribution in [2.75, 3.05) is 27.5 Å². The fourth-order valence-corrected chi connectivity index (χ4v) is 3.05. The molecule has 0 bridgehead atoms. The number of hydrogen-bond acceptors (Lipinski definition) is 6. The summed E-state index contributed by atoms with van der Waals surface area (Å²) in [5.74, 6) is 3.53. The van der Waals surface area contributed by atoms with Gasteiger partial charge in [-0.15, -0.1) is 23.5 Å². The van der Waals surface area contributed by atoms with Crippen molar-refractivity contribution in [3.05, 3.63) is 23.5 Å². The summed E-state index contributed by atoms with van der Waals surface area (Å²) < 4.78 is 0. The van der Waals surface area contributed by atoms with Crippen LogP contribution in [0.1, 0.15) is 11.4 Å². The van der Waals surface area contributed by atoms with Crippen molar-refractivity contribution in [3.63, 3.8) is 0 Å². The molecule has 2 rings (SSSR count). The van der Waals surface area contributed by atoms with Gasteiger partial charge in [0, 0.05) is 28.6 Å². The van der Waals surface area contributed by atoms with E-state index in [-0.39, 0.29) is 0 Å². The normalized spacial score (nSPS) is 10.6. The number of nitrogens with zero attached hydrogens (tertiary/aromatic N) is 2. The Kier molecular flexibility index (Phi) is 5.46. The zero-order valence-electron chi connectivity index (χ0n) is 11.0. The lowest BCUT2D eigenvalue weighted by Crippen LogP contribution is -2.00. The molecule has 0 aliphatic heterocycles. The second-order valence-corrected chi connectivity index (χ2v) is 6.38. The summed E-state index contributed by atoms with van der Waals surface area (Å²) in [7, 11) is 0. The van der Waals surface area contributed by atoms with Gasteiger partial charge in [-0.25, -0.2) is 0 Å². The highest BCUT2D eigenvalue weighted by Crippen LogP contribution is 2.14. The molecule has 0 radical (unpaired) electrons. The fourth-order valence-electron chi connectivity index (χ4n) is 1.41. The third-order valence-corrected chi connectivity index (χ3v) is 4.32. The van der Waals surface area contributed by atoms with E-state index in [0.717, 1.165) is 39.9 Å². The fraction of sp³-hybridized carbons (Fsp3) is 0.455. The van der Waals surface area contributed by atoms with Crippen molar-refractivity contribution in [2.45, 2.75) is 13.8 Å². The number of anilines is 2. The van der Waals surface area contributed by atoms with E-state index < -0.39 is 0 Å². The minimum absolute atomic E-state index is 0.860. The Balaban J connectivity index is 1.48. The number of aromatic nitrogens is 4. The molecule has 19 heavy (non-hydrogen) atoms. The van der Waals surface area contributed by atoms with E-state index in [4.69, 9.17) is 0 Å². The number of thioether (sulfide) groups is 2. The second-order valence-electron chi connectivity index (χ2n) is 4.04. The summed E-state index contributed by atoms with van der Waals surface area (Å²) in [6.07, 6.45) is 0. The molecule has 0 aliphatic carbocycles. The maximum absolute atomic E-state index is 4.11. The third kappa shape index (κ3) is 5.07. The predicted octanol–water partition coefficient (Wildman–Crippen LogP) is 2.61. The molecule has 0 aliphatic rings. The summed E-state index contributed by atoms with van der Waals surface area (Å²) in [6.45, 7) is 3.98. The average molecular weight is 298 g/mol. The van der Waals surface area contributed by atoms with Gasteiger partial charge in [0.2, 0.25) is 0 Å². The minimum atomic E-state index is 0.860. The van der Waals surface area contributed by atoms with Crippen LogP contribution in [-0.4, -0.2) is 37.2 Å². The molecule has 4 N–H and O–H groups in total. The van der Waals surface area contributed by atoms with Gasteiger partial charge in [0.15, 0.2) is 0 Å². The van der Waals surface area contributed by atoms with Gasteiger partial charge >= 0.3 is 0 Å². The summed E-state index contributed by atoms with van der Waals surface area (Å²) in [4.78, 5) is 0. The second kappa shape index (κ2) is 7.34. The SMILES string of the molecule is Cc1cc(NCSCSCNc2cc(C)[nH]n2)n[nH]1. The highest BCUT2D eigenvalue weighted by molar-refractivity contribution is 8.16. The summed E-state index contributed by atoms with van der Waals surface area (Å²) in [5, 5.41) is 21.5. The van der Waals surface area contributed by atoms with Crippen LogP contribution in [0.5, 0.6) is 0 Å². The number of H-pyrrole nitrogens is 2. The van der Waals surface area contributed by atoms with Crippen molar-refractivity contribution < 1.29 is 0 Å². The standard InChI is InChI=1S/C11H18N6S2/c1-8-3-10(16-14-8)12-5-18-7-19-6-13-11-4-9(2)15-17-11/h3-4H,5-7H2,1-2H3,(H2,12,14,16)(H2,13,15,17). The van der Waals surface area contributed by atoms with Crippen LogP contribution < -0.4 is 10.6 Å². The molecular weight excluding hydrogens is 280 g/mol. The first-order valence-electron chi connectivity index (χ1n) is 5.91.